The van der Waals surface area contributed by atoms with E-state index in [0.29, 0.717) is 12.2 Å². The fourth-order valence-corrected chi connectivity index (χ4v) is 2.89. The minimum Gasteiger partial charge on any atom is -0.391 e. The van der Waals surface area contributed by atoms with Crippen molar-refractivity contribution in [2.45, 2.75) is 53.2 Å². The summed E-state index contributed by atoms with van der Waals surface area (Å²) in [6.45, 7) is 9.61. The first-order valence-corrected chi connectivity index (χ1v) is 9.50. The Morgan fingerprint density at radius 3 is 2.35 bits per heavy atom. The van der Waals surface area contributed by atoms with Gasteiger partial charge in [-0.1, -0.05) is 40.7 Å². The van der Waals surface area contributed by atoms with Crippen LogP contribution in [0.15, 0.2) is 24.4 Å². The highest BCUT2D eigenvalue weighted by Gasteiger charge is 2.36. The van der Waals surface area contributed by atoms with Crippen molar-refractivity contribution >= 4 is 30.3 Å². The molecule has 0 saturated carbocycles. The van der Waals surface area contributed by atoms with E-state index in [1.165, 1.54) is 0 Å². The summed E-state index contributed by atoms with van der Waals surface area (Å²) >= 11 is 4.11. The molecule has 2 unspecified atom stereocenters. The van der Waals surface area contributed by atoms with Gasteiger partial charge in [0.25, 0.3) is 0 Å². The SMILES string of the molecule is CC(C)CC(C(=O)N[C@H](C(=O)Nc1ccccn1)C(C)(C)C)C(O)CS. The van der Waals surface area contributed by atoms with Crippen LogP contribution in [-0.4, -0.2) is 39.8 Å². The number of thiol groups is 1. The van der Waals surface area contributed by atoms with Crippen molar-refractivity contribution in [3.8, 4) is 0 Å². The number of hydrogen-bond acceptors (Lipinski definition) is 5. The van der Waals surface area contributed by atoms with Crippen molar-refractivity contribution in [2.75, 3.05) is 11.1 Å². The number of aliphatic hydroxyl groups is 1. The van der Waals surface area contributed by atoms with Crippen LogP contribution in [0.2, 0.25) is 0 Å². The van der Waals surface area contributed by atoms with E-state index < -0.39 is 23.5 Å². The summed E-state index contributed by atoms with van der Waals surface area (Å²) in [6.07, 6.45) is 1.24. The minimum absolute atomic E-state index is 0.186. The third-order valence-corrected chi connectivity index (χ3v) is 4.42. The standard InChI is InChI=1S/C19H31N3O3S/c1-12(2)10-13(14(23)11-26)17(24)22-16(19(3,4)5)18(25)21-15-8-6-7-9-20-15/h6-9,12-14,16,23,26H,10-11H2,1-5H3,(H,22,24)(H,20,21,25)/t13?,14?,16-/m1/s1. The highest BCUT2D eigenvalue weighted by molar-refractivity contribution is 7.80. The normalized spacial score (nSPS) is 15.2. The predicted molar refractivity (Wildman–Crippen MR) is 107 cm³/mol. The van der Waals surface area contributed by atoms with E-state index in [4.69, 9.17) is 0 Å². The van der Waals surface area contributed by atoms with Crippen LogP contribution >= 0.6 is 12.6 Å². The average Bonchev–Trinajstić information content (AvgIpc) is 2.56. The molecule has 0 bridgehead atoms. The number of nitrogens with one attached hydrogen (secondary N) is 2. The van der Waals surface area contributed by atoms with E-state index in [9.17, 15) is 14.7 Å². The maximum absolute atomic E-state index is 12.8. The Balaban J connectivity index is 2.95. The van der Waals surface area contributed by atoms with Gasteiger partial charge in [-0.3, -0.25) is 9.59 Å². The summed E-state index contributed by atoms with van der Waals surface area (Å²) in [7, 11) is 0. The minimum atomic E-state index is -0.861. The monoisotopic (exact) mass is 381 g/mol. The zero-order valence-corrected chi connectivity index (χ0v) is 17.1. The molecule has 0 radical (unpaired) electrons. The molecule has 2 amide bonds. The smallest absolute Gasteiger partial charge is 0.248 e. The zero-order chi connectivity index (χ0) is 19.9. The molecule has 6 nitrogen and oxygen atoms in total. The highest BCUT2D eigenvalue weighted by Crippen LogP contribution is 2.23. The number of carbonyl (C=O) groups is 2. The number of aromatic nitrogens is 1. The molecule has 1 heterocycles. The lowest BCUT2D eigenvalue weighted by Crippen LogP contribution is -2.54. The molecule has 7 heteroatoms. The second kappa shape index (κ2) is 9.92. The number of pyridine rings is 1. The Hall–Kier alpha value is -1.60. The number of amides is 2. The molecule has 3 N–H and O–H groups in total. The van der Waals surface area contributed by atoms with Gasteiger partial charge < -0.3 is 15.7 Å². The Bertz CT molecular complexity index is 587. The molecule has 0 aromatic carbocycles. The van der Waals surface area contributed by atoms with Gasteiger partial charge in [0.2, 0.25) is 11.8 Å². The summed E-state index contributed by atoms with van der Waals surface area (Å²) in [5.41, 5.74) is -0.511. The molecule has 0 aliphatic rings. The van der Waals surface area contributed by atoms with E-state index in [2.05, 4.69) is 28.2 Å². The molecule has 3 atom stereocenters. The molecule has 26 heavy (non-hydrogen) atoms. The van der Waals surface area contributed by atoms with Gasteiger partial charge in [0.1, 0.15) is 11.9 Å². The van der Waals surface area contributed by atoms with Crippen molar-refractivity contribution < 1.29 is 14.7 Å². The van der Waals surface area contributed by atoms with Gasteiger partial charge in [0.15, 0.2) is 0 Å². The predicted octanol–water partition coefficient (Wildman–Crippen LogP) is 2.50. The fraction of sp³-hybridized carbons (Fsp3) is 0.632. The summed E-state index contributed by atoms with van der Waals surface area (Å²) in [4.78, 5) is 29.6. The Morgan fingerprint density at radius 1 is 1.23 bits per heavy atom. The van der Waals surface area contributed by atoms with Crippen molar-refractivity contribution in [3.05, 3.63) is 24.4 Å². The van der Waals surface area contributed by atoms with Crippen LogP contribution in [0.25, 0.3) is 0 Å². The maximum atomic E-state index is 12.8. The number of anilines is 1. The van der Waals surface area contributed by atoms with Crippen molar-refractivity contribution in [2.24, 2.45) is 17.3 Å². The summed E-state index contributed by atoms with van der Waals surface area (Å²) in [5, 5.41) is 15.7. The van der Waals surface area contributed by atoms with Crippen LogP contribution in [0, 0.1) is 17.3 Å². The molecular weight excluding hydrogens is 350 g/mol. The van der Waals surface area contributed by atoms with Crippen LogP contribution in [0.5, 0.6) is 0 Å². The number of hydrogen-bond donors (Lipinski definition) is 4. The molecule has 0 spiro atoms. The first kappa shape index (κ1) is 22.4. The lowest BCUT2D eigenvalue weighted by atomic mass is 9.84. The lowest BCUT2D eigenvalue weighted by Gasteiger charge is -2.32. The largest absolute Gasteiger partial charge is 0.391 e. The number of carbonyl (C=O) groups excluding carboxylic acids is 2. The number of aliphatic hydroxyl groups excluding tert-OH is 1. The quantitative estimate of drug-likeness (QED) is 0.521. The van der Waals surface area contributed by atoms with Gasteiger partial charge in [-0.25, -0.2) is 4.98 Å². The van der Waals surface area contributed by atoms with E-state index in [1.807, 2.05) is 34.6 Å². The van der Waals surface area contributed by atoms with Gasteiger partial charge in [0.05, 0.1) is 12.0 Å². The first-order chi connectivity index (χ1) is 12.1. The Labute approximate surface area is 161 Å². The topological polar surface area (TPSA) is 91.3 Å². The molecule has 0 saturated heterocycles. The van der Waals surface area contributed by atoms with Gasteiger partial charge in [-0.2, -0.15) is 12.6 Å². The van der Waals surface area contributed by atoms with Crippen LogP contribution in [0.1, 0.15) is 41.0 Å². The van der Waals surface area contributed by atoms with Crippen LogP contribution in [0.3, 0.4) is 0 Å². The van der Waals surface area contributed by atoms with E-state index >= 15 is 0 Å². The van der Waals surface area contributed by atoms with Crippen LogP contribution < -0.4 is 10.6 Å². The van der Waals surface area contributed by atoms with E-state index in [0.717, 1.165) is 0 Å². The number of rotatable bonds is 8. The molecule has 1 aromatic heterocycles. The van der Waals surface area contributed by atoms with E-state index in [-0.39, 0.29) is 23.5 Å². The molecular formula is C19H31N3O3S. The highest BCUT2D eigenvalue weighted by atomic mass is 32.1. The van der Waals surface area contributed by atoms with Gasteiger partial charge in [0, 0.05) is 11.9 Å². The third kappa shape index (κ3) is 6.96. The van der Waals surface area contributed by atoms with E-state index in [1.54, 1.807) is 24.4 Å². The number of nitrogens with zero attached hydrogens (tertiary/aromatic N) is 1. The molecule has 1 rings (SSSR count). The maximum Gasteiger partial charge on any atom is 0.248 e. The van der Waals surface area contributed by atoms with Crippen molar-refractivity contribution in [1.82, 2.24) is 10.3 Å². The fourth-order valence-electron chi connectivity index (χ4n) is 2.63. The molecule has 0 fully saturated rings. The third-order valence-electron chi connectivity index (χ3n) is 4.04. The lowest BCUT2D eigenvalue weighted by molar-refractivity contribution is -0.134. The van der Waals surface area contributed by atoms with Gasteiger partial charge in [-0.15, -0.1) is 0 Å². The average molecular weight is 382 g/mol. The molecule has 0 aliphatic heterocycles. The van der Waals surface area contributed by atoms with Gasteiger partial charge >= 0.3 is 0 Å². The summed E-state index contributed by atoms with van der Waals surface area (Å²) in [6, 6.07) is 4.45. The Kier molecular flexibility index (Phi) is 8.56. The van der Waals surface area contributed by atoms with Gasteiger partial charge in [-0.05, 0) is 29.9 Å². The second-order valence-corrected chi connectivity index (χ2v) is 8.36. The molecule has 0 aliphatic carbocycles. The Morgan fingerprint density at radius 2 is 1.88 bits per heavy atom. The molecule has 1 aromatic rings. The summed E-state index contributed by atoms with van der Waals surface area (Å²) < 4.78 is 0. The summed E-state index contributed by atoms with van der Waals surface area (Å²) in [5.74, 6) is -0.444. The van der Waals surface area contributed by atoms with Crippen molar-refractivity contribution in [1.29, 1.82) is 0 Å². The van der Waals surface area contributed by atoms with Crippen LogP contribution in [-0.2, 0) is 9.59 Å². The molecule has 146 valence electrons. The van der Waals surface area contributed by atoms with Crippen molar-refractivity contribution in [3.63, 3.8) is 0 Å². The van der Waals surface area contributed by atoms with Crippen LogP contribution in [0.4, 0.5) is 5.82 Å². The zero-order valence-electron chi connectivity index (χ0n) is 16.2. The first-order valence-electron chi connectivity index (χ1n) is 8.87. The second-order valence-electron chi connectivity index (χ2n) is 8.00.